The van der Waals surface area contributed by atoms with Gasteiger partial charge >= 0.3 is 0 Å². The molecule has 0 saturated carbocycles. The Hall–Kier alpha value is -2.10. The fourth-order valence-corrected chi connectivity index (χ4v) is 2.27. The molecule has 1 heterocycles. The summed E-state index contributed by atoms with van der Waals surface area (Å²) in [5.41, 5.74) is 5.23. The Labute approximate surface area is 113 Å². The molecule has 0 aliphatic rings. The SMILES string of the molecule is CNc1nnc(-c2c(C)cc(C)cc2OC)cc1C. The van der Waals surface area contributed by atoms with E-state index in [0.717, 1.165) is 34.0 Å². The molecule has 2 aromatic rings. The average Bonchev–Trinajstić information content (AvgIpc) is 2.37. The van der Waals surface area contributed by atoms with Crippen LogP contribution in [0, 0.1) is 20.8 Å². The van der Waals surface area contributed by atoms with Gasteiger partial charge in [0.05, 0.1) is 12.8 Å². The third-order valence-electron chi connectivity index (χ3n) is 3.14. The molecule has 0 radical (unpaired) electrons. The Morgan fingerprint density at radius 2 is 1.74 bits per heavy atom. The Balaban J connectivity index is 2.61. The zero-order chi connectivity index (χ0) is 14.0. The lowest BCUT2D eigenvalue weighted by molar-refractivity contribution is 0.415. The number of benzene rings is 1. The first-order chi connectivity index (χ1) is 9.06. The summed E-state index contributed by atoms with van der Waals surface area (Å²) in [4.78, 5) is 0. The molecule has 0 fully saturated rings. The van der Waals surface area contributed by atoms with E-state index in [2.05, 4.69) is 35.4 Å². The van der Waals surface area contributed by atoms with Gasteiger partial charge in [-0.25, -0.2) is 0 Å². The molecular formula is C15H19N3O. The summed E-state index contributed by atoms with van der Waals surface area (Å²) < 4.78 is 5.47. The summed E-state index contributed by atoms with van der Waals surface area (Å²) >= 11 is 0. The molecule has 0 spiro atoms. The first kappa shape index (κ1) is 13.3. The van der Waals surface area contributed by atoms with Crippen molar-refractivity contribution in [1.82, 2.24) is 10.2 Å². The van der Waals surface area contributed by atoms with E-state index >= 15 is 0 Å². The Morgan fingerprint density at radius 1 is 1.00 bits per heavy atom. The van der Waals surface area contributed by atoms with Gasteiger partial charge in [0.25, 0.3) is 0 Å². The summed E-state index contributed by atoms with van der Waals surface area (Å²) in [5, 5.41) is 11.5. The molecule has 0 aliphatic heterocycles. The lowest BCUT2D eigenvalue weighted by atomic mass is 10.0. The number of methoxy groups -OCH3 is 1. The Morgan fingerprint density at radius 3 is 2.32 bits per heavy atom. The molecule has 1 aromatic carbocycles. The number of rotatable bonds is 3. The minimum atomic E-state index is 0.799. The van der Waals surface area contributed by atoms with E-state index < -0.39 is 0 Å². The largest absolute Gasteiger partial charge is 0.496 e. The monoisotopic (exact) mass is 257 g/mol. The molecule has 4 nitrogen and oxygen atoms in total. The molecule has 0 atom stereocenters. The van der Waals surface area contributed by atoms with Crippen LogP contribution in [0.25, 0.3) is 11.3 Å². The van der Waals surface area contributed by atoms with Gasteiger partial charge in [-0.05, 0) is 49.6 Å². The highest BCUT2D eigenvalue weighted by Crippen LogP contribution is 2.33. The molecular weight excluding hydrogens is 238 g/mol. The number of nitrogens with one attached hydrogen (secondary N) is 1. The van der Waals surface area contributed by atoms with Crippen LogP contribution in [0.4, 0.5) is 5.82 Å². The second-order valence-corrected chi connectivity index (χ2v) is 4.67. The highest BCUT2D eigenvalue weighted by atomic mass is 16.5. The minimum Gasteiger partial charge on any atom is -0.496 e. The van der Waals surface area contributed by atoms with Crippen molar-refractivity contribution in [2.75, 3.05) is 19.5 Å². The van der Waals surface area contributed by atoms with Crippen molar-refractivity contribution in [2.45, 2.75) is 20.8 Å². The van der Waals surface area contributed by atoms with E-state index in [-0.39, 0.29) is 0 Å². The van der Waals surface area contributed by atoms with Crippen molar-refractivity contribution in [3.05, 3.63) is 34.9 Å². The topological polar surface area (TPSA) is 47.0 Å². The van der Waals surface area contributed by atoms with E-state index in [1.165, 1.54) is 5.56 Å². The highest BCUT2D eigenvalue weighted by Gasteiger charge is 2.13. The highest BCUT2D eigenvalue weighted by molar-refractivity contribution is 5.72. The number of aryl methyl sites for hydroxylation is 3. The third kappa shape index (κ3) is 2.52. The van der Waals surface area contributed by atoms with Crippen LogP contribution in [-0.2, 0) is 0 Å². The van der Waals surface area contributed by atoms with Crippen molar-refractivity contribution in [3.63, 3.8) is 0 Å². The molecule has 1 N–H and O–H groups in total. The Bertz CT molecular complexity index is 609. The predicted molar refractivity (Wildman–Crippen MR) is 77.8 cm³/mol. The van der Waals surface area contributed by atoms with Crippen molar-refractivity contribution in [2.24, 2.45) is 0 Å². The van der Waals surface area contributed by atoms with E-state index in [1.807, 2.05) is 26.1 Å². The van der Waals surface area contributed by atoms with Crippen LogP contribution < -0.4 is 10.1 Å². The van der Waals surface area contributed by atoms with Crippen molar-refractivity contribution >= 4 is 5.82 Å². The molecule has 19 heavy (non-hydrogen) atoms. The van der Waals surface area contributed by atoms with Crippen LogP contribution in [0.15, 0.2) is 18.2 Å². The first-order valence-corrected chi connectivity index (χ1v) is 6.24. The summed E-state index contributed by atoms with van der Waals surface area (Å²) in [5.74, 6) is 1.64. The molecule has 4 heteroatoms. The fourth-order valence-electron chi connectivity index (χ4n) is 2.27. The second kappa shape index (κ2) is 5.26. The molecule has 0 saturated heterocycles. The van der Waals surface area contributed by atoms with Crippen LogP contribution in [0.3, 0.4) is 0 Å². The molecule has 0 amide bonds. The normalized spacial score (nSPS) is 10.4. The number of aromatic nitrogens is 2. The van der Waals surface area contributed by atoms with Gasteiger partial charge in [0.2, 0.25) is 0 Å². The molecule has 0 unspecified atom stereocenters. The standard InChI is InChI=1S/C15H19N3O/c1-9-6-10(2)14(13(7-9)19-5)12-8-11(3)15(16-4)18-17-12/h6-8H,1-5H3,(H,16,18). The molecule has 1 aromatic heterocycles. The molecule has 0 aliphatic carbocycles. The van der Waals surface area contributed by atoms with Crippen LogP contribution in [0.2, 0.25) is 0 Å². The second-order valence-electron chi connectivity index (χ2n) is 4.67. The number of ether oxygens (including phenoxy) is 1. The summed E-state index contributed by atoms with van der Waals surface area (Å²) in [6.07, 6.45) is 0. The third-order valence-corrected chi connectivity index (χ3v) is 3.14. The molecule has 0 bridgehead atoms. The first-order valence-electron chi connectivity index (χ1n) is 6.24. The lowest BCUT2D eigenvalue weighted by Crippen LogP contribution is -2.01. The average molecular weight is 257 g/mol. The zero-order valence-corrected chi connectivity index (χ0v) is 12.0. The maximum absolute atomic E-state index is 5.47. The maximum atomic E-state index is 5.47. The van der Waals surface area contributed by atoms with Crippen LogP contribution in [0.5, 0.6) is 5.75 Å². The number of nitrogens with zero attached hydrogens (tertiary/aromatic N) is 2. The van der Waals surface area contributed by atoms with Gasteiger partial charge in [0, 0.05) is 12.6 Å². The van der Waals surface area contributed by atoms with Crippen molar-refractivity contribution in [3.8, 4) is 17.0 Å². The van der Waals surface area contributed by atoms with Crippen LogP contribution in [0.1, 0.15) is 16.7 Å². The zero-order valence-electron chi connectivity index (χ0n) is 12.0. The van der Waals surface area contributed by atoms with Crippen LogP contribution in [-0.4, -0.2) is 24.4 Å². The lowest BCUT2D eigenvalue weighted by Gasteiger charge is -2.13. The smallest absolute Gasteiger partial charge is 0.151 e. The summed E-state index contributed by atoms with van der Waals surface area (Å²) in [6, 6.07) is 6.17. The minimum absolute atomic E-state index is 0.799. The van der Waals surface area contributed by atoms with Gasteiger partial charge in [-0.3, -0.25) is 0 Å². The van der Waals surface area contributed by atoms with Gasteiger partial charge in [-0.2, -0.15) is 0 Å². The van der Waals surface area contributed by atoms with Crippen molar-refractivity contribution in [1.29, 1.82) is 0 Å². The summed E-state index contributed by atoms with van der Waals surface area (Å²) in [6.45, 7) is 6.13. The van der Waals surface area contributed by atoms with Gasteiger partial charge in [0.15, 0.2) is 5.82 Å². The van der Waals surface area contributed by atoms with E-state index in [0.29, 0.717) is 0 Å². The van der Waals surface area contributed by atoms with Crippen LogP contribution >= 0.6 is 0 Å². The predicted octanol–water partition coefficient (Wildman–Crippen LogP) is 3.12. The van der Waals surface area contributed by atoms with E-state index in [4.69, 9.17) is 4.74 Å². The summed E-state index contributed by atoms with van der Waals surface area (Å²) in [7, 11) is 3.52. The van der Waals surface area contributed by atoms with Gasteiger partial charge in [-0.15, -0.1) is 10.2 Å². The molecule has 100 valence electrons. The quantitative estimate of drug-likeness (QED) is 0.917. The maximum Gasteiger partial charge on any atom is 0.151 e. The van der Waals surface area contributed by atoms with E-state index in [9.17, 15) is 0 Å². The number of hydrogen-bond donors (Lipinski definition) is 1. The van der Waals surface area contributed by atoms with Gasteiger partial charge < -0.3 is 10.1 Å². The fraction of sp³-hybridized carbons (Fsp3) is 0.333. The van der Waals surface area contributed by atoms with Crippen molar-refractivity contribution < 1.29 is 4.74 Å². The number of hydrogen-bond acceptors (Lipinski definition) is 4. The van der Waals surface area contributed by atoms with Gasteiger partial charge in [0.1, 0.15) is 5.75 Å². The van der Waals surface area contributed by atoms with Gasteiger partial charge in [-0.1, -0.05) is 6.07 Å². The Kier molecular flexibility index (Phi) is 3.69. The number of anilines is 1. The van der Waals surface area contributed by atoms with E-state index in [1.54, 1.807) is 7.11 Å². The molecule has 2 rings (SSSR count).